The first-order chi connectivity index (χ1) is 12.7. The van der Waals surface area contributed by atoms with E-state index in [2.05, 4.69) is 0 Å². The third kappa shape index (κ3) is 6.24. The molecular weight excluding hydrogens is 380 g/mol. The van der Waals surface area contributed by atoms with Gasteiger partial charge in [-0.1, -0.05) is 0 Å². The van der Waals surface area contributed by atoms with Gasteiger partial charge in [0.1, 0.15) is 22.6 Å². The molecule has 0 radical (unpaired) electrons. The molecular formula is C18H17ClO8. The number of ether oxygens (including phenoxy) is 2. The van der Waals surface area contributed by atoms with Crippen LogP contribution in [-0.2, 0) is 0 Å². The average molecular weight is 397 g/mol. The van der Waals surface area contributed by atoms with Crippen molar-refractivity contribution in [1.29, 1.82) is 0 Å². The van der Waals surface area contributed by atoms with Crippen molar-refractivity contribution in [2.75, 3.05) is 13.7 Å². The van der Waals surface area contributed by atoms with E-state index >= 15 is 0 Å². The molecule has 1 heterocycles. The largest absolute Gasteiger partial charge is 0.508 e. The van der Waals surface area contributed by atoms with Gasteiger partial charge in [-0.15, -0.1) is 10.2 Å². The molecule has 1 N–H and O–H groups in total. The molecule has 8 nitrogen and oxygen atoms in total. The quantitative estimate of drug-likeness (QED) is 0.594. The summed E-state index contributed by atoms with van der Waals surface area (Å²) in [6.45, 7) is 2.46. The molecule has 0 amide bonds. The van der Waals surface area contributed by atoms with Crippen LogP contribution in [0.15, 0.2) is 52.9 Å². The molecule has 0 aliphatic heterocycles. The van der Waals surface area contributed by atoms with Crippen LogP contribution in [0.2, 0.25) is 0 Å². The maximum atomic E-state index is 9.66. The number of phenols is 1. The summed E-state index contributed by atoms with van der Waals surface area (Å²) in [5.41, 5.74) is 1.59. The molecule has 0 aliphatic rings. The predicted molar refractivity (Wildman–Crippen MR) is 85.4 cm³/mol. The van der Waals surface area contributed by atoms with Gasteiger partial charge in [0.2, 0.25) is 0 Å². The van der Waals surface area contributed by atoms with Crippen LogP contribution in [0.4, 0.5) is 0 Å². The minimum absolute atomic E-state index is 0.181. The number of rotatable bonds is 4. The fourth-order valence-corrected chi connectivity index (χ4v) is 2.32. The van der Waals surface area contributed by atoms with E-state index in [1.54, 1.807) is 25.3 Å². The second kappa shape index (κ2) is 8.85. The topological polar surface area (TPSA) is 142 Å². The second-order valence-corrected chi connectivity index (χ2v) is 5.95. The summed E-state index contributed by atoms with van der Waals surface area (Å²) in [7, 11) is -3.31. The Bertz CT molecular complexity index is 884. The Labute approximate surface area is 157 Å². The molecule has 0 aliphatic carbocycles. The molecule has 27 heavy (non-hydrogen) atoms. The summed E-state index contributed by atoms with van der Waals surface area (Å²) < 4.78 is 50.8. The first-order valence-electron chi connectivity index (χ1n) is 7.70. The van der Waals surface area contributed by atoms with E-state index < -0.39 is 10.2 Å². The molecule has 0 bridgehead atoms. The first kappa shape index (κ1) is 20.7. The van der Waals surface area contributed by atoms with Crippen molar-refractivity contribution in [2.24, 2.45) is 0 Å². The lowest BCUT2D eigenvalue weighted by Crippen LogP contribution is -2.68. The van der Waals surface area contributed by atoms with Crippen LogP contribution in [0.3, 0.4) is 0 Å². The average Bonchev–Trinajstić information content (AvgIpc) is 2.61. The number of methoxy groups -OCH3 is 1. The Morgan fingerprint density at radius 3 is 2.19 bits per heavy atom. The Balaban J connectivity index is 0.000000465. The first-order valence-corrected chi connectivity index (χ1v) is 8.93. The van der Waals surface area contributed by atoms with Gasteiger partial charge >= 0.3 is 11.3 Å². The van der Waals surface area contributed by atoms with E-state index in [0.29, 0.717) is 23.7 Å². The maximum Gasteiger partial charge on any atom is 0.364 e. The van der Waals surface area contributed by atoms with Crippen LogP contribution in [0.5, 0.6) is 17.2 Å². The SMILES string of the molecule is CCOc1cc(-c2ccc(OC)cc2)[o+]c2ccc(O)cc12.[O-][Cl+3]([O-])([O-])[O-]. The fraction of sp³-hybridized carbons (Fsp3) is 0.167. The summed E-state index contributed by atoms with van der Waals surface area (Å²) >= 11 is 0. The van der Waals surface area contributed by atoms with Gasteiger partial charge < -0.3 is 14.6 Å². The highest BCUT2D eigenvalue weighted by Crippen LogP contribution is 2.35. The fourth-order valence-electron chi connectivity index (χ4n) is 2.32. The Hall–Kier alpha value is -2.62. The molecule has 0 saturated heterocycles. The van der Waals surface area contributed by atoms with Gasteiger partial charge in [-0.05, 0) is 37.3 Å². The third-order valence-electron chi connectivity index (χ3n) is 3.39. The zero-order valence-electron chi connectivity index (χ0n) is 14.5. The molecule has 9 heteroatoms. The lowest BCUT2D eigenvalue weighted by Gasteiger charge is -2.17. The zero-order valence-corrected chi connectivity index (χ0v) is 15.3. The van der Waals surface area contributed by atoms with Gasteiger partial charge in [0.25, 0.3) is 0 Å². The van der Waals surface area contributed by atoms with Gasteiger partial charge in [-0.3, -0.25) is 0 Å². The lowest BCUT2D eigenvalue weighted by molar-refractivity contribution is -2.00. The maximum absolute atomic E-state index is 9.66. The lowest BCUT2D eigenvalue weighted by atomic mass is 10.1. The van der Waals surface area contributed by atoms with E-state index in [1.807, 2.05) is 37.3 Å². The van der Waals surface area contributed by atoms with E-state index in [1.165, 1.54) is 0 Å². The zero-order chi connectivity index (χ0) is 20.0. The van der Waals surface area contributed by atoms with Crippen molar-refractivity contribution in [3.05, 3.63) is 48.5 Å². The van der Waals surface area contributed by atoms with Crippen LogP contribution in [-0.4, -0.2) is 18.8 Å². The summed E-state index contributed by atoms with van der Waals surface area (Å²) in [5.74, 6) is 2.36. The van der Waals surface area contributed by atoms with Crippen molar-refractivity contribution in [2.45, 2.75) is 6.92 Å². The molecule has 144 valence electrons. The summed E-state index contributed by atoms with van der Waals surface area (Å²) in [5, 5.41) is 10.4. The van der Waals surface area contributed by atoms with Crippen molar-refractivity contribution in [3.63, 3.8) is 0 Å². The summed E-state index contributed by atoms with van der Waals surface area (Å²) in [6.07, 6.45) is 0. The van der Waals surface area contributed by atoms with Crippen molar-refractivity contribution < 1.29 is 47.9 Å². The molecule has 0 atom stereocenters. The van der Waals surface area contributed by atoms with Crippen molar-refractivity contribution in [3.8, 4) is 28.6 Å². The molecule has 3 rings (SSSR count). The van der Waals surface area contributed by atoms with Crippen LogP contribution < -0.4 is 28.1 Å². The molecule has 0 saturated carbocycles. The molecule has 0 unspecified atom stereocenters. The molecule has 3 aromatic rings. The highest BCUT2D eigenvalue weighted by molar-refractivity contribution is 5.86. The van der Waals surface area contributed by atoms with Crippen LogP contribution >= 0.6 is 0 Å². The number of aromatic hydroxyl groups is 1. The highest BCUT2D eigenvalue weighted by atomic mass is 35.7. The monoisotopic (exact) mass is 396 g/mol. The van der Waals surface area contributed by atoms with Crippen molar-refractivity contribution >= 4 is 11.0 Å². The third-order valence-corrected chi connectivity index (χ3v) is 3.39. The van der Waals surface area contributed by atoms with Crippen LogP contribution in [0.1, 0.15) is 6.92 Å². The second-order valence-electron chi connectivity index (χ2n) is 5.19. The minimum atomic E-state index is -4.94. The summed E-state index contributed by atoms with van der Waals surface area (Å²) in [6, 6.07) is 14.4. The standard InChI is InChI=1S/C18H16O4.ClHO4/c1-3-21-18-11-17(12-4-7-14(20-2)8-5-12)22-16-9-6-13(19)10-15(16)18;2-1(3,4)5/h4-11H,3H2,1-2H3;(H,2,3,4,5). The Kier molecular flexibility index (Phi) is 6.78. The minimum Gasteiger partial charge on any atom is -0.508 e. The van der Waals surface area contributed by atoms with E-state index in [-0.39, 0.29) is 5.75 Å². The van der Waals surface area contributed by atoms with Crippen LogP contribution in [0, 0.1) is 10.2 Å². The number of benzene rings is 2. The number of hydrogen-bond acceptors (Lipinski definition) is 7. The van der Waals surface area contributed by atoms with Gasteiger partial charge in [-0.25, -0.2) is 23.1 Å². The summed E-state index contributed by atoms with van der Waals surface area (Å²) in [4.78, 5) is 0. The van der Waals surface area contributed by atoms with Gasteiger partial charge in [0.05, 0.1) is 25.3 Å². The van der Waals surface area contributed by atoms with Crippen LogP contribution in [0.25, 0.3) is 22.3 Å². The van der Waals surface area contributed by atoms with E-state index in [0.717, 1.165) is 16.7 Å². The Morgan fingerprint density at radius 2 is 1.63 bits per heavy atom. The van der Waals surface area contributed by atoms with Gasteiger partial charge in [0.15, 0.2) is 0 Å². The molecule has 0 spiro atoms. The molecule has 2 aromatic carbocycles. The highest BCUT2D eigenvalue weighted by Gasteiger charge is 2.20. The Morgan fingerprint density at radius 1 is 1.00 bits per heavy atom. The van der Waals surface area contributed by atoms with E-state index in [4.69, 9.17) is 32.5 Å². The van der Waals surface area contributed by atoms with E-state index in [9.17, 15) is 5.11 Å². The molecule has 1 aromatic heterocycles. The molecule has 0 fully saturated rings. The number of fused-ring (bicyclic) bond motifs is 1. The smallest absolute Gasteiger partial charge is 0.364 e. The van der Waals surface area contributed by atoms with Gasteiger partial charge in [0, 0.05) is 12.1 Å². The normalized spacial score (nSPS) is 10.9. The number of halogens is 1. The number of hydrogen-bond donors (Lipinski definition) is 1. The number of phenolic OH excluding ortho intramolecular Hbond substituents is 1. The van der Waals surface area contributed by atoms with Gasteiger partial charge in [-0.2, -0.15) is 0 Å². The predicted octanol–water partition coefficient (Wildman–Crippen LogP) is -0.262. The van der Waals surface area contributed by atoms with Crippen molar-refractivity contribution in [1.82, 2.24) is 0 Å².